The van der Waals surface area contributed by atoms with Crippen molar-refractivity contribution in [3.8, 4) is 17.3 Å². The number of nitrogens with zero attached hydrogens (tertiary/aromatic N) is 6. The Morgan fingerprint density at radius 3 is 2.14 bits per heavy atom. The number of rotatable bonds is 5. The van der Waals surface area contributed by atoms with Gasteiger partial charge in [-0.25, -0.2) is 4.98 Å². The minimum Gasteiger partial charge on any atom is -0.497 e. The van der Waals surface area contributed by atoms with Gasteiger partial charge in [-0.15, -0.1) is 10.2 Å². The molecule has 9 nitrogen and oxygen atoms in total. The molecule has 1 aliphatic heterocycles. The molecule has 0 saturated carbocycles. The van der Waals surface area contributed by atoms with Gasteiger partial charge in [0.2, 0.25) is 0 Å². The molecule has 1 aromatic carbocycles. The molecule has 0 spiro atoms. The zero-order valence-corrected chi connectivity index (χ0v) is 16.4. The second-order valence-electron chi connectivity index (χ2n) is 6.60. The first-order valence-electron chi connectivity index (χ1n) is 9.27. The number of anilines is 1. The van der Waals surface area contributed by atoms with E-state index in [0.717, 1.165) is 5.82 Å². The predicted molar refractivity (Wildman–Crippen MR) is 107 cm³/mol. The van der Waals surface area contributed by atoms with Crippen molar-refractivity contribution in [2.75, 3.05) is 45.3 Å². The van der Waals surface area contributed by atoms with Crippen LogP contribution in [0.5, 0.6) is 11.5 Å². The molecule has 0 unspecified atom stereocenters. The standard InChI is InChI=1S/C20H22N6O3/c1-28-16-11-15(12-17(13-16)29-2)20(27)25-9-7-24(8-10-25)18-3-4-19(23-22-18)26-6-5-21-14-26/h3-6,11-14H,7-10H2,1-2H3. The molecule has 0 radical (unpaired) electrons. The number of imidazole rings is 1. The molecule has 9 heteroatoms. The second-order valence-corrected chi connectivity index (χ2v) is 6.60. The fourth-order valence-electron chi connectivity index (χ4n) is 3.27. The van der Waals surface area contributed by atoms with Crippen LogP contribution in [0.25, 0.3) is 5.82 Å². The van der Waals surface area contributed by atoms with E-state index < -0.39 is 0 Å². The van der Waals surface area contributed by atoms with Crippen molar-refractivity contribution >= 4 is 11.7 Å². The topological polar surface area (TPSA) is 85.6 Å². The monoisotopic (exact) mass is 394 g/mol. The van der Waals surface area contributed by atoms with Crippen LogP contribution in [0.4, 0.5) is 5.82 Å². The van der Waals surface area contributed by atoms with Crippen LogP contribution < -0.4 is 14.4 Å². The van der Waals surface area contributed by atoms with Crippen LogP contribution in [0.3, 0.4) is 0 Å². The van der Waals surface area contributed by atoms with Gasteiger partial charge in [0.25, 0.3) is 5.91 Å². The van der Waals surface area contributed by atoms with Crippen molar-refractivity contribution < 1.29 is 14.3 Å². The highest BCUT2D eigenvalue weighted by Crippen LogP contribution is 2.24. The van der Waals surface area contributed by atoms with E-state index in [1.807, 2.05) is 23.2 Å². The Morgan fingerprint density at radius 1 is 0.931 bits per heavy atom. The smallest absolute Gasteiger partial charge is 0.254 e. The summed E-state index contributed by atoms with van der Waals surface area (Å²) in [5.41, 5.74) is 0.555. The molecular weight excluding hydrogens is 372 g/mol. The average Bonchev–Trinajstić information content (AvgIpc) is 3.33. The Bertz CT molecular complexity index is 944. The molecule has 0 atom stereocenters. The van der Waals surface area contributed by atoms with E-state index >= 15 is 0 Å². The minimum absolute atomic E-state index is 0.0385. The number of ether oxygens (including phenoxy) is 2. The van der Waals surface area contributed by atoms with Gasteiger partial charge in [-0.2, -0.15) is 0 Å². The maximum absolute atomic E-state index is 12.9. The third kappa shape index (κ3) is 3.98. The van der Waals surface area contributed by atoms with Crippen LogP contribution in [0.2, 0.25) is 0 Å². The molecule has 0 bridgehead atoms. The van der Waals surface area contributed by atoms with Crippen LogP contribution in [0.1, 0.15) is 10.4 Å². The Kier molecular flexibility index (Phi) is 5.28. The van der Waals surface area contributed by atoms with E-state index in [0.29, 0.717) is 49.1 Å². The van der Waals surface area contributed by atoms with E-state index in [1.165, 1.54) is 0 Å². The van der Waals surface area contributed by atoms with Gasteiger partial charge in [0.1, 0.15) is 17.8 Å². The SMILES string of the molecule is COc1cc(OC)cc(C(=O)N2CCN(c3ccc(-n4ccnc4)nn3)CC2)c1. The number of benzene rings is 1. The summed E-state index contributed by atoms with van der Waals surface area (Å²) in [6, 6.07) is 9.06. The number of hydrogen-bond acceptors (Lipinski definition) is 7. The zero-order valence-electron chi connectivity index (χ0n) is 16.4. The van der Waals surface area contributed by atoms with Crippen molar-refractivity contribution in [3.63, 3.8) is 0 Å². The van der Waals surface area contributed by atoms with Gasteiger partial charge in [0.15, 0.2) is 11.6 Å². The lowest BCUT2D eigenvalue weighted by atomic mass is 10.1. The summed E-state index contributed by atoms with van der Waals surface area (Å²) < 4.78 is 12.3. The molecule has 29 heavy (non-hydrogen) atoms. The van der Waals surface area contributed by atoms with E-state index in [2.05, 4.69) is 20.1 Å². The number of methoxy groups -OCH3 is 2. The summed E-state index contributed by atoms with van der Waals surface area (Å²) in [6.45, 7) is 2.57. The molecule has 1 aliphatic rings. The molecule has 3 aromatic rings. The maximum Gasteiger partial charge on any atom is 0.254 e. The first-order valence-corrected chi connectivity index (χ1v) is 9.27. The largest absolute Gasteiger partial charge is 0.497 e. The van der Waals surface area contributed by atoms with E-state index in [9.17, 15) is 4.79 Å². The van der Waals surface area contributed by atoms with Crippen molar-refractivity contribution in [2.24, 2.45) is 0 Å². The van der Waals surface area contributed by atoms with E-state index in [-0.39, 0.29) is 5.91 Å². The Labute approximate surface area is 168 Å². The molecule has 4 rings (SSSR count). The predicted octanol–water partition coefficient (Wildman–Crippen LogP) is 1.64. The molecule has 3 heterocycles. The lowest BCUT2D eigenvalue weighted by molar-refractivity contribution is 0.0745. The minimum atomic E-state index is -0.0385. The van der Waals surface area contributed by atoms with Crippen LogP contribution in [-0.2, 0) is 0 Å². The van der Waals surface area contributed by atoms with Crippen molar-refractivity contribution in [1.29, 1.82) is 0 Å². The molecule has 1 fully saturated rings. The fourth-order valence-corrected chi connectivity index (χ4v) is 3.27. The Balaban J connectivity index is 1.41. The number of carbonyl (C=O) groups excluding carboxylic acids is 1. The van der Waals surface area contributed by atoms with Gasteiger partial charge in [-0.05, 0) is 24.3 Å². The van der Waals surface area contributed by atoms with Crippen LogP contribution in [0.15, 0.2) is 49.1 Å². The highest BCUT2D eigenvalue weighted by molar-refractivity contribution is 5.95. The lowest BCUT2D eigenvalue weighted by Gasteiger charge is -2.35. The number of amides is 1. The van der Waals surface area contributed by atoms with Gasteiger partial charge >= 0.3 is 0 Å². The number of carbonyl (C=O) groups is 1. The molecule has 1 saturated heterocycles. The summed E-state index contributed by atoms with van der Waals surface area (Å²) in [5.74, 6) is 2.67. The van der Waals surface area contributed by atoms with Crippen LogP contribution in [-0.4, -0.2) is 71.0 Å². The van der Waals surface area contributed by atoms with Crippen LogP contribution >= 0.6 is 0 Å². The van der Waals surface area contributed by atoms with Gasteiger partial charge in [-0.3, -0.25) is 9.36 Å². The summed E-state index contributed by atoms with van der Waals surface area (Å²) in [6.07, 6.45) is 5.20. The molecule has 0 N–H and O–H groups in total. The molecule has 1 amide bonds. The summed E-state index contributed by atoms with van der Waals surface area (Å²) >= 11 is 0. The first-order chi connectivity index (χ1) is 14.2. The van der Waals surface area contributed by atoms with Crippen molar-refractivity contribution in [3.05, 3.63) is 54.6 Å². The van der Waals surface area contributed by atoms with Crippen molar-refractivity contribution in [2.45, 2.75) is 0 Å². The molecule has 2 aromatic heterocycles. The third-order valence-corrected chi connectivity index (χ3v) is 4.89. The number of piperazine rings is 1. The number of aromatic nitrogens is 4. The highest BCUT2D eigenvalue weighted by Gasteiger charge is 2.24. The van der Waals surface area contributed by atoms with Crippen LogP contribution in [0, 0.1) is 0 Å². The number of hydrogen-bond donors (Lipinski definition) is 0. The second kappa shape index (κ2) is 8.17. The fraction of sp³-hybridized carbons (Fsp3) is 0.300. The summed E-state index contributed by atoms with van der Waals surface area (Å²) in [4.78, 5) is 20.9. The average molecular weight is 394 g/mol. The van der Waals surface area contributed by atoms with Crippen molar-refractivity contribution in [1.82, 2.24) is 24.6 Å². The maximum atomic E-state index is 12.9. The molecule has 150 valence electrons. The third-order valence-electron chi connectivity index (χ3n) is 4.89. The lowest BCUT2D eigenvalue weighted by Crippen LogP contribution is -2.49. The zero-order chi connectivity index (χ0) is 20.2. The summed E-state index contributed by atoms with van der Waals surface area (Å²) in [7, 11) is 3.14. The quantitative estimate of drug-likeness (QED) is 0.650. The Morgan fingerprint density at radius 2 is 1.59 bits per heavy atom. The van der Waals surface area contributed by atoms with E-state index in [4.69, 9.17) is 9.47 Å². The van der Waals surface area contributed by atoms with Gasteiger partial charge in [-0.1, -0.05) is 0 Å². The highest BCUT2D eigenvalue weighted by atomic mass is 16.5. The normalized spacial score (nSPS) is 14.0. The first kappa shape index (κ1) is 18.7. The van der Waals surface area contributed by atoms with E-state index in [1.54, 1.807) is 49.5 Å². The van der Waals surface area contributed by atoms with Gasteiger partial charge in [0, 0.05) is 50.2 Å². The van der Waals surface area contributed by atoms with Gasteiger partial charge in [0.05, 0.1) is 14.2 Å². The summed E-state index contributed by atoms with van der Waals surface area (Å²) in [5, 5.41) is 8.58. The van der Waals surface area contributed by atoms with Gasteiger partial charge < -0.3 is 19.3 Å². The Hall–Kier alpha value is -3.62. The molecular formula is C20H22N6O3. The molecule has 0 aliphatic carbocycles.